The molecule has 0 saturated heterocycles. The van der Waals surface area contributed by atoms with Crippen LogP contribution in [0.5, 0.6) is 11.5 Å². The standard InChI is InChI=1S/C17H14N2O2.C3H7NO.C2H6/c1-11-16(13-7-8-14-15(9-13)21-10-20-14)17(19-18-11)12-5-3-2-4-6-12;1-3(5)4-2;1-2/h2-9H,10H2,1H3,(H,18,19);1-2H3,(H,4,5);1-2H3. The summed E-state index contributed by atoms with van der Waals surface area (Å²) < 4.78 is 10.8. The fraction of sp³-hybridized carbons (Fsp3) is 0.273. The van der Waals surface area contributed by atoms with Gasteiger partial charge in [0, 0.05) is 30.8 Å². The van der Waals surface area contributed by atoms with E-state index in [0.29, 0.717) is 0 Å². The van der Waals surface area contributed by atoms with E-state index in [1.54, 1.807) is 7.05 Å². The summed E-state index contributed by atoms with van der Waals surface area (Å²) in [5, 5.41) is 9.93. The molecule has 148 valence electrons. The normalized spacial score (nSPS) is 10.9. The Hall–Kier alpha value is -3.28. The quantitative estimate of drug-likeness (QED) is 0.682. The van der Waals surface area contributed by atoms with Crippen molar-refractivity contribution in [1.82, 2.24) is 15.5 Å². The largest absolute Gasteiger partial charge is 0.454 e. The van der Waals surface area contributed by atoms with E-state index in [1.807, 2.05) is 57.2 Å². The van der Waals surface area contributed by atoms with Gasteiger partial charge >= 0.3 is 0 Å². The first-order valence-corrected chi connectivity index (χ1v) is 9.29. The molecule has 6 nitrogen and oxygen atoms in total. The van der Waals surface area contributed by atoms with Gasteiger partial charge in [-0.05, 0) is 24.6 Å². The molecule has 0 saturated carbocycles. The smallest absolute Gasteiger partial charge is 0.231 e. The molecule has 1 aromatic heterocycles. The molecule has 2 heterocycles. The minimum atomic E-state index is 0.00463. The van der Waals surface area contributed by atoms with E-state index in [4.69, 9.17) is 9.47 Å². The Morgan fingerprint density at radius 1 is 1.04 bits per heavy atom. The highest BCUT2D eigenvalue weighted by atomic mass is 16.7. The number of aromatic amines is 1. The number of H-pyrrole nitrogens is 1. The van der Waals surface area contributed by atoms with Gasteiger partial charge in [-0.2, -0.15) is 5.10 Å². The number of ether oxygens (including phenoxy) is 2. The van der Waals surface area contributed by atoms with Crippen LogP contribution in [0.2, 0.25) is 0 Å². The van der Waals surface area contributed by atoms with Crippen molar-refractivity contribution in [3.05, 3.63) is 54.2 Å². The van der Waals surface area contributed by atoms with Crippen molar-refractivity contribution in [2.75, 3.05) is 13.8 Å². The average Bonchev–Trinajstić information content (AvgIpc) is 3.36. The Morgan fingerprint density at radius 2 is 1.68 bits per heavy atom. The van der Waals surface area contributed by atoms with Crippen molar-refractivity contribution in [2.24, 2.45) is 0 Å². The van der Waals surface area contributed by atoms with Gasteiger partial charge in [-0.25, -0.2) is 0 Å². The zero-order valence-electron chi connectivity index (χ0n) is 17.0. The Bertz CT molecular complexity index is 905. The van der Waals surface area contributed by atoms with Crippen molar-refractivity contribution < 1.29 is 14.3 Å². The van der Waals surface area contributed by atoms with E-state index in [-0.39, 0.29) is 12.7 Å². The molecule has 0 atom stereocenters. The van der Waals surface area contributed by atoms with Gasteiger partial charge in [0.15, 0.2) is 11.5 Å². The molecule has 0 fully saturated rings. The SMILES string of the molecule is CC.CNC(C)=O.Cc1[nH]nc(-c2ccccc2)c1-c1ccc2c(c1)OCO2. The van der Waals surface area contributed by atoms with Gasteiger partial charge < -0.3 is 14.8 Å². The van der Waals surface area contributed by atoms with Gasteiger partial charge in [0.2, 0.25) is 12.7 Å². The summed E-state index contributed by atoms with van der Waals surface area (Å²) in [6, 6.07) is 16.1. The Labute approximate surface area is 165 Å². The summed E-state index contributed by atoms with van der Waals surface area (Å²) in [6.45, 7) is 7.79. The minimum Gasteiger partial charge on any atom is -0.454 e. The number of fused-ring (bicyclic) bond motifs is 1. The summed E-state index contributed by atoms with van der Waals surface area (Å²) >= 11 is 0. The van der Waals surface area contributed by atoms with Crippen LogP contribution in [-0.4, -0.2) is 29.9 Å². The van der Waals surface area contributed by atoms with Crippen LogP contribution in [0.1, 0.15) is 26.5 Å². The van der Waals surface area contributed by atoms with Crippen LogP contribution in [-0.2, 0) is 4.79 Å². The van der Waals surface area contributed by atoms with Gasteiger partial charge in [0.25, 0.3) is 0 Å². The maximum atomic E-state index is 9.70. The molecule has 6 heteroatoms. The number of carbonyl (C=O) groups excluding carboxylic acids is 1. The van der Waals surface area contributed by atoms with Crippen LogP contribution in [0, 0.1) is 6.92 Å². The van der Waals surface area contributed by atoms with Crippen LogP contribution in [0.15, 0.2) is 48.5 Å². The molecular formula is C22H27N3O3. The third-order valence-electron chi connectivity index (χ3n) is 4.01. The number of benzene rings is 2. The Balaban J connectivity index is 0.000000352. The molecule has 0 radical (unpaired) electrons. The lowest BCUT2D eigenvalue weighted by Crippen LogP contribution is -2.11. The second-order valence-electron chi connectivity index (χ2n) is 5.81. The summed E-state index contributed by atoms with van der Waals surface area (Å²) in [5.74, 6) is 1.58. The molecule has 0 bridgehead atoms. The first-order chi connectivity index (χ1) is 13.6. The maximum Gasteiger partial charge on any atom is 0.231 e. The van der Waals surface area contributed by atoms with E-state index in [9.17, 15) is 4.79 Å². The first-order valence-electron chi connectivity index (χ1n) is 9.29. The van der Waals surface area contributed by atoms with E-state index >= 15 is 0 Å². The van der Waals surface area contributed by atoms with Crippen molar-refractivity contribution in [3.8, 4) is 33.9 Å². The molecule has 0 spiro atoms. The predicted molar refractivity (Wildman–Crippen MR) is 111 cm³/mol. The van der Waals surface area contributed by atoms with E-state index < -0.39 is 0 Å². The van der Waals surface area contributed by atoms with Crippen molar-refractivity contribution in [2.45, 2.75) is 27.7 Å². The fourth-order valence-electron chi connectivity index (χ4n) is 2.64. The number of hydrogen-bond donors (Lipinski definition) is 2. The van der Waals surface area contributed by atoms with Gasteiger partial charge in [-0.3, -0.25) is 9.89 Å². The lowest BCUT2D eigenvalue weighted by atomic mass is 9.99. The summed E-state index contributed by atoms with van der Waals surface area (Å²) in [7, 11) is 1.60. The molecule has 28 heavy (non-hydrogen) atoms. The lowest BCUT2D eigenvalue weighted by molar-refractivity contribution is -0.118. The molecule has 0 aliphatic carbocycles. The molecular weight excluding hydrogens is 354 g/mol. The zero-order valence-corrected chi connectivity index (χ0v) is 17.0. The van der Waals surface area contributed by atoms with Crippen molar-refractivity contribution >= 4 is 5.91 Å². The second-order valence-corrected chi connectivity index (χ2v) is 5.81. The topological polar surface area (TPSA) is 76.2 Å². The third-order valence-corrected chi connectivity index (χ3v) is 4.01. The van der Waals surface area contributed by atoms with Gasteiger partial charge in [0.1, 0.15) is 5.69 Å². The zero-order chi connectivity index (χ0) is 20.5. The molecule has 3 aromatic rings. The second kappa shape index (κ2) is 10.2. The van der Waals surface area contributed by atoms with Gasteiger partial charge in [-0.1, -0.05) is 50.2 Å². The minimum absolute atomic E-state index is 0.00463. The number of nitrogens with zero attached hydrogens (tertiary/aromatic N) is 1. The summed E-state index contributed by atoms with van der Waals surface area (Å²) in [5.41, 5.74) is 5.25. The maximum absolute atomic E-state index is 9.70. The Morgan fingerprint density at radius 3 is 2.32 bits per heavy atom. The van der Waals surface area contributed by atoms with Crippen LogP contribution < -0.4 is 14.8 Å². The van der Waals surface area contributed by atoms with E-state index in [1.165, 1.54) is 6.92 Å². The van der Waals surface area contributed by atoms with Crippen molar-refractivity contribution in [3.63, 3.8) is 0 Å². The first kappa shape index (κ1) is 21.0. The number of nitrogens with one attached hydrogen (secondary N) is 2. The third kappa shape index (κ3) is 4.91. The number of carbonyl (C=O) groups is 1. The van der Waals surface area contributed by atoms with Crippen LogP contribution in [0.4, 0.5) is 0 Å². The average molecular weight is 381 g/mol. The molecule has 2 N–H and O–H groups in total. The number of rotatable bonds is 2. The van der Waals surface area contributed by atoms with E-state index in [2.05, 4.69) is 27.6 Å². The highest BCUT2D eigenvalue weighted by Crippen LogP contribution is 2.39. The molecule has 1 aliphatic heterocycles. The number of aromatic nitrogens is 2. The molecule has 4 rings (SSSR count). The van der Waals surface area contributed by atoms with Gasteiger partial charge in [-0.15, -0.1) is 0 Å². The van der Waals surface area contributed by atoms with Gasteiger partial charge in [0.05, 0.1) is 0 Å². The monoisotopic (exact) mass is 381 g/mol. The number of hydrogen-bond acceptors (Lipinski definition) is 4. The Kier molecular flexibility index (Phi) is 7.63. The lowest BCUT2D eigenvalue weighted by Gasteiger charge is -2.06. The number of aryl methyl sites for hydroxylation is 1. The van der Waals surface area contributed by atoms with Crippen molar-refractivity contribution in [1.29, 1.82) is 0 Å². The fourth-order valence-corrected chi connectivity index (χ4v) is 2.64. The molecule has 1 aliphatic rings. The van der Waals surface area contributed by atoms with Crippen LogP contribution in [0.25, 0.3) is 22.4 Å². The van der Waals surface area contributed by atoms with E-state index in [0.717, 1.165) is 39.6 Å². The highest BCUT2D eigenvalue weighted by Gasteiger charge is 2.18. The van der Waals surface area contributed by atoms with Crippen LogP contribution in [0.3, 0.4) is 0 Å². The predicted octanol–water partition coefficient (Wildman–Crippen LogP) is 4.56. The molecule has 0 unspecified atom stereocenters. The highest BCUT2D eigenvalue weighted by molar-refractivity contribution is 5.83. The summed E-state index contributed by atoms with van der Waals surface area (Å²) in [6.07, 6.45) is 0. The molecule has 2 aromatic carbocycles. The number of amides is 1. The molecule has 1 amide bonds. The van der Waals surface area contributed by atoms with Crippen LogP contribution >= 0.6 is 0 Å². The summed E-state index contributed by atoms with van der Waals surface area (Å²) in [4.78, 5) is 9.70.